The van der Waals surface area contributed by atoms with Crippen molar-refractivity contribution >= 4 is 33.2 Å². The molecular formula is C14H16ClN3OS. The Morgan fingerprint density at radius 3 is 3.30 bits per heavy atom. The minimum absolute atomic E-state index is 0.407. The van der Waals surface area contributed by atoms with E-state index in [2.05, 4.69) is 14.9 Å². The molecular weight excluding hydrogens is 294 g/mol. The molecule has 4 rings (SSSR count). The first kappa shape index (κ1) is 13.0. The lowest BCUT2D eigenvalue weighted by Crippen LogP contribution is -2.48. The number of halogens is 1. The Kier molecular flexibility index (Phi) is 3.38. The molecule has 2 unspecified atom stereocenters. The smallest absolute Gasteiger partial charge is 0.145 e. The third-order valence-electron chi connectivity index (χ3n) is 4.27. The van der Waals surface area contributed by atoms with Gasteiger partial charge in [-0.25, -0.2) is 9.97 Å². The molecule has 2 fully saturated rings. The van der Waals surface area contributed by atoms with E-state index in [-0.39, 0.29) is 0 Å². The van der Waals surface area contributed by atoms with E-state index in [1.807, 2.05) is 11.4 Å². The number of fused-ring (bicyclic) bond motifs is 2. The SMILES string of the molecule is Clc1nc(CN2CCOC3CCCC32)nc2sccc12. The van der Waals surface area contributed by atoms with Crippen molar-refractivity contribution in [3.8, 4) is 0 Å². The monoisotopic (exact) mass is 309 g/mol. The lowest BCUT2D eigenvalue weighted by Gasteiger charge is -2.37. The van der Waals surface area contributed by atoms with E-state index in [0.717, 1.165) is 35.7 Å². The number of nitrogens with zero attached hydrogens (tertiary/aromatic N) is 3. The zero-order valence-corrected chi connectivity index (χ0v) is 12.7. The standard InChI is InChI=1S/C14H16ClN3OS/c15-13-9-4-7-20-14(9)17-12(16-13)8-18-5-6-19-11-3-1-2-10(11)18/h4,7,10-11H,1-3,5-6,8H2. The summed E-state index contributed by atoms with van der Waals surface area (Å²) in [5.74, 6) is 0.831. The molecule has 1 aliphatic heterocycles. The largest absolute Gasteiger partial charge is 0.375 e. The second kappa shape index (κ2) is 5.22. The van der Waals surface area contributed by atoms with Gasteiger partial charge in [-0.2, -0.15) is 0 Å². The zero-order chi connectivity index (χ0) is 13.5. The average Bonchev–Trinajstić information content (AvgIpc) is 3.06. The van der Waals surface area contributed by atoms with Crippen LogP contribution in [0.5, 0.6) is 0 Å². The van der Waals surface area contributed by atoms with Crippen LogP contribution in [0, 0.1) is 0 Å². The van der Waals surface area contributed by atoms with E-state index in [4.69, 9.17) is 16.3 Å². The van der Waals surface area contributed by atoms with Crippen LogP contribution in [0.2, 0.25) is 5.15 Å². The molecule has 20 heavy (non-hydrogen) atoms. The average molecular weight is 310 g/mol. The van der Waals surface area contributed by atoms with Crippen molar-refractivity contribution in [1.29, 1.82) is 0 Å². The van der Waals surface area contributed by atoms with Gasteiger partial charge in [-0.05, 0) is 30.7 Å². The second-order valence-corrected chi connectivity index (χ2v) is 6.70. The number of morpholine rings is 1. The van der Waals surface area contributed by atoms with Crippen LogP contribution < -0.4 is 0 Å². The molecule has 0 radical (unpaired) electrons. The molecule has 1 saturated heterocycles. The molecule has 2 aliphatic rings. The first-order chi connectivity index (χ1) is 9.81. The number of aromatic nitrogens is 2. The third-order valence-corrected chi connectivity index (χ3v) is 5.36. The van der Waals surface area contributed by atoms with Crippen molar-refractivity contribution in [2.75, 3.05) is 13.2 Å². The molecule has 6 heteroatoms. The number of ether oxygens (including phenoxy) is 1. The summed E-state index contributed by atoms with van der Waals surface area (Å²) in [6.45, 7) is 2.55. The Bertz CT molecular complexity index is 632. The summed E-state index contributed by atoms with van der Waals surface area (Å²) in [4.78, 5) is 12.6. The van der Waals surface area contributed by atoms with Gasteiger partial charge in [0.1, 0.15) is 15.8 Å². The molecule has 0 aromatic carbocycles. The van der Waals surface area contributed by atoms with E-state index in [0.29, 0.717) is 17.3 Å². The minimum atomic E-state index is 0.407. The Morgan fingerprint density at radius 1 is 1.40 bits per heavy atom. The summed E-state index contributed by atoms with van der Waals surface area (Å²) < 4.78 is 5.84. The summed E-state index contributed by atoms with van der Waals surface area (Å²) >= 11 is 7.86. The maximum Gasteiger partial charge on any atom is 0.145 e. The first-order valence-electron chi connectivity index (χ1n) is 7.06. The van der Waals surface area contributed by atoms with E-state index >= 15 is 0 Å². The summed E-state index contributed by atoms with van der Waals surface area (Å²) in [6, 6.07) is 2.51. The van der Waals surface area contributed by atoms with Crippen LogP contribution in [0.15, 0.2) is 11.4 Å². The van der Waals surface area contributed by atoms with Gasteiger partial charge in [-0.1, -0.05) is 11.6 Å². The molecule has 1 saturated carbocycles. The maximum atomic E-state index is 6.24. The predicted molar refractivity (Wildman–Crippen MR) is 80.2 cm³/mol. The van der Waals surface area contributed by atoms with Crippen LogP contribution in [-0.4, -0.2) is 40.2 Å². The van der Waals surface area contributed by atoms with E-state index in [1.54, 1.807) is 11.3 Å². The fraction of sp³-hybridized carbons (Fsp3) is 0.571. The lowest BCUT2D eigenvalue weighted by molar-refractivity contribution is -0.0595. The Morgan fingerprint density at radius 2 is 2.35 bits per heavy atom. The summed E-state index contributed by atoms with van der Waals surface area (Å²) in [7, 11) is 0. The van der Waals surface area contributed by atoms with Crippen molar-refractivity contribution in [2.45, 2.75) is 38.0 Å². The van der Waals surface area contributed by atoms with Crippen molar-refractivity contribution in [3.05, 3.63) is 22.4 Å². The van der Waals surface area contributed by atoms with Gasteiger partial charge in [0.2, 0.25) is 0 Å². The van der Waals surface area contributed by atoms with Gasteiger partial charge in [-0.15, -0.1) is 11.3 Å². The maximum absolute atomic E-state index is 6.24. The van der Waals surface area contributed by atoms with E-state index < -0.39 is 0 Å². The molecule has 2 aromatic heterocycles. The van der Waals surface area contributed by atoms with Gasteiger partial charge in [0.05, 0.1) is 19.3 Å². The third kappa shape index (κ3) is 2.22. The summed E-state index contributed by atoms with van der Waals surface area (Å²) in [6.07, 6.45) is 4.08. The Labute approximate surface area is 126 Å². The minimum Gasteiger partial charge on any atom is -0.375 e. The molecule has 2 atom stereocenters. The highest BCUT2D eigenvalue weighted by Gasteiger charge is 2.36. The van der Waals surface area contributed by atoms with Gasteiger partial charge in [0.25, 0.3) is 0 Å². The number of hydrogen-bond donors (Lipinski definition) is 0. The fourth-order valence-corrected chi connectivity index (χ4v) is 4.40. The molecule has 4 nitrogen and oxygen atoms in total. The van der Waals surface area contributed by atoms with Crippen LogP contribution >= 0.6 is 22.9 Å². The number of hydrogen-bond acceptors (Lipinski definition) is 5. The molecule has 0 amide bonds. The highest BCUT2D eigenvalue weighted by molar-refractivity contribution is 7.16. The topological polar surface area (TPSA) is 38.2 Å². The highest BCUT2D eigenvalue weighted by atomic mass is 35.5. The van der Waals surface area contributed by atoms with Crippen molar-refractivity contribution in [2.24, 2.45) is 0 Å². The molecule has 106 valence electrons. The first-order valence-corrected chi connectivity index (χ1v) is 8.32. The van der Waals surface area contributed by atoms with Gasteiger partial charge < -0.3 is 4.74 Å². The van der Waals surface area contributed by atoms with Crippen LogP contribution in [0.3, 0.4) is 0 Å². The molecule has 3 heterocycles. The second-order valence-electron chi connectivity index (χ2n) is 5.45. The molecule has 0 spiro atoms. The van der Waals surface area contributed by atoms with E-state index in [9.17, 15) is 0 Å². The molecule has 1 aliphatic carbocycles. The van der Waals surface area contributed by atoms with Crippen LogP contribution in [-0.2, 0) is 11.3 Å². The lowest BCUT2D eigenvalue weighted by atomic mass is 10.1. The van der Waals surface area contributed by atoms with Gasteiger partial charge in [0.15, 0.2) is 0 Å². The molecule has 0 bridgehead atoms. The number of thiophene rings is 1. The predicted octanol–water partition coefficient (Wildman–Crippen LogP) is 3.10. The fourth-order valence-electron chi connectivity index (χ4n) is 3.32. The van der Waals surface area contributed by atoms with E-state index in [1.165, 1.54) is 19.3 Å². The number of rotatable bonds is 2. The molecule has 0 N–H and O–H groups in total. The van der Waals surface area contributed by atoms with Crippen molar-refractivity contribution < 1.29 is 4.74 Å². The summed E-state index contributed by atoms with van der Waals surface area (Å²) in [5.41, 5.74) is 0. The Hall–Kier alpha value is -0.750. The van der Waals surface area contributed by atoms with Gasteiger partial charge >= 0.3 is 0 Å². The van der Waals surface area contributed by atoms with Gasteiger partial charge in [0, 0.05) is 18.0 Å². The van der Waals surface area contributed by atoms with Crippen LogP contribution in [0.25, 0.3) is 10.2 Å². The van der Waals surface area contributed by atoms with Gasteiger partial charge in [-0.3, -0.25) is 4.90 Å². The van der Waals surface area contributed by atoms with Crippen LogP contribution in [0.1, 0.15) is 25.1 Å². The normalized spacial score (nSPS) is 27.1. The molecule has 2 aromatic rings. The highest BCUT2D eigenvalue weighted by Crippen LogP contribution is 2.31. The zero-order valence-electron chi connectivity index (χ0n) is 11.1. The summed E-state index contributed by atoms with van der Waals surface area (Å²) in [5, 5.41) is 3.54. The quantitative estimate of drug-likeness (QED) is 0.799. The van der Waals surface area contributed by atoms with Crippen LogP contribution in [0.4, 0.5) is 0 Å². The van der Waals surface area contributed by atoms with Crippen molar-refractivity contribution in [3.63, 3.8) is 0 Å². The van der Waals surface area contributed by atoms with Crippen molar-refractivity contribution in [1.82, 2.24) is 14.9 Å². The Balaban J connectivity index is 1.60.